The van der Waals surface area contributed by atoms with Crippen molar-refractivity contribution < 1.29 is 4.79 Å². The molecule has 7 heteroatoms. The van der Waals surface area contributed by atoms with Crippen LogP contribution in [-0.4, -0.2) is 26.9 Å². The molecule has 0 unspecified atom stereocenters. The number of benzene rings is 1. The van der Waals surface area contributed by atoms with Crippen molar-refractivity contribution in [2.75, 3.05) is 0 Å². The van der Waals surface area contributed by atoms with Gasteiger partial charge in [0.15, 0.2) is 5.69 Å². The molecule has 0 fully saturated rings. The summed E-state index contributed by atoms with van der Waals surface area (Å²) in [6.45, 7) is 0. The second-order valence-corrected chi connectivity index (χ2v) is 5.34. The number of amides is 1. The highest BCUT2D eigenvalue weighted by molar-refractivity contribution is 9.10. The summed E-state index contributed by atoms with van der Waals surface area (Å²) in [7, 11) is 1.75. The number of rotatable bonds is 3. The molecule has 0 aliphatic carbocycles. The largest absolute Gasteiger partial charge is 0.361 e. The molecular formula is C14H12BrN5O. The number of hydrazone groups is 1. The SMILES string of the molecule is Cn1cc(Br)c(C(=O)NN=Cc2c[nH]c3ccccc23)n1. The van der Waals surface area contributed by atoms with Crippen LogP contribution in [0.5, 0.6) is 0 Å². The van der Waals surface area contributed by atoms with Gasteiger partial charge in [0, 0.05) is 35.9 Å². The molecule has 0 aliphatic heterocycles. The Balaban J connectivity index is 1.75. The lowest BCUT2D eigenvalue weighted by molar-refractivity contribution is 0.0948. The summed E-state index contributed by atoms with van der Waals surface area (Å²) < 4.78 is 2.19. The molecule has 3 aromatic rings. The van der Waals surface area contributed by atoms with E-state index < -0.39 is 0 Å². The number of nitrogens with one attached hydrogen (secondary N) is 2. The standard InChI is InChI=1S/C14H12BrN5O/c1-20-8-11(15)13(19-20)14(21)18-17-7-9-6-16-12-5-3-2-4-10(9)12/h2-8,16H,1H3,(H,18,21). The van der Waals surface area contributed by atoms with Gasteiger partial charge in [0.1, 0.15) is 0 Å². The van der Waals surface area contributed by atoms with Crippen LogP contribution in [0.4, 0.5) is 0 Å². The van der Waals surface area contributed by atoms with Gasteiger partial charge < -0.3 is 4.98 Å². The van der Waals surface area contributed by atoms with E-state index in [1.165, 1.54) is 0 Å². The van der Waals surface area contributed by atoms with Crippen LogP contribution in [-0.2, 0) is 7.05 Å². The van der Waals surface area contributed by atoms with E-state index in [1.54, 1.807) is 24.1 Å². The third-order valence-corrected chi connectivity index (χ3v) is 3.57. The zero-order chi connectivity index (χ0) is 14.8. The van der Waals surface area contributed by atoms with Crippen molar-refractivity contribution in [3.63, 3.8) is 0 Å². The van der Waals surface area contributed by atoms with Gasteiger partial charge in [-0.05, 0) is 22.0 Å². The number of carbonyl (C=O) groups excluding carboxylic acids is 1. The van der Waals surface area contributed by atoms with Gasteiger partial charge in [-0.3, -0.25) is 9.48 Å². The van der Waals surface area contributed by atoms with Gasteiger partial charge in [0.2, 0.25) is 0 Å². The van der Waals surface area contributed by atoms with Crippen LogP contribution in [0.1, 0.15) is 16.1 Å². The monoisotopic (exact) mass is 345 g/mol. The number of aromatic nitrogens is 3. The Bertz CT molecular complexity index is 833. The van der Waals surface area contributed by atoms with Gasteiger partial charge in [-0.2, -0.15) is 10.2 Å². The van der Waals surface area contributed by atoms with Gasteiger partial charge in [-0.25, -0.2) is 5.43 Å². The molecule has 106 valence electrons. The fraction of sp³-hybridized carbons (Fsp3) is 0.0714. The number of nitrogens with zero attached hydrogens (tertiary/aromatic N) is 3. The minimum absolute atomic E-state index is 0.300. The lowest BCUT2D eigenvalue weighted by atomic mass is 10.2. The number of hydrogen-bond acceptors (Lipinski definition) is 3. The first-order valence-corrected chi connectivity index (χ1v) is 7.03. The summed E-state index contributed by atoms with van der Waals surface area (Å²) in [5.41, 5.74) is 4.70. The van der Waals surface area contributed by atoms with Gasteiger partial charge in [-0.15, -0.1) is 0 Å². The van der Waals surface area contributed by atoms with Crippen LogP contribution >= 0.6 is 15.9 Å². The Kier molecular flexibility index (Phi) is 3.57. The summed E-state index contributed by atoms with van der Waals surface area (Å²) in [4.78, 5) is 15.1. The molecule has 0 spiro atoms. The van der Waals surface area contributed by atoms with Gasteiger partial charge in [-0.1, -0.05) is 18.2 Å². The summed E-state index contributed by atoms with van der Waals surface area (Å²) in [6.07, 6.45) is 5.16. The van der Waals surface area contributed by atoms with Crippen molar-refractivity contribution in [3.05, 3.63) is 52.4 Å². The Hall–Kier alpha value is -2.41. The molecule has 2 heterocycles. The molecule has 3 rings (SSSR count). The van der Waals surface area contributed by atoms with Crippen LogP contribution in [0.15, 0.2) is 46.2 Å². The number of halogens is 1. The lowest BCUT2D eigenvalue weighted by Crippen LogP contribution is -2.18. The van der Waals surface area contributed by atoms with Crippen molar-refractivity contribution in [1.29, 1.82) is 0 Å². The average molecular weight is 346 g/mol. The molecule has 0 saturated heterocycles. The number of hydrogen-bond donors (Lipinski definition) is 2. The van der Waals surface area contributed by atoms with Crippen LogP contribution < -0.4 is 5.43 Å². The molecule has 21 heavy (non-hydrogen) atoms. The Morgan fingerprint density at radius 1 is 1.48 bits per heavy atom. The van der Waals surface area contributed by atoms with E-state index in [1.807, 2.05) is 30.5 Å². The zero-order valence-electron chi connectivity index (χ0n) is 11.2. The van der Waals surface area contributed by atoms with E-state index >= 15 is 0 Å². The van der Waals surface area contributed by atoms with Gasteiger partial charge in [0.05, 0.1) is 10.7 Å². The second kappa shape index (κ2) is 5.53. The maximum atomic E-state index is 11.9. The van der Waals surface area contributed by atoms with Crippen molar-refractivity contribution in [1.82, 2.24) is 20.2 Å². The highest BCUT2D eigenvalue weighted by Gasteiger charge is 2.13. The Morgan fingerprint density at radius 3 is 3.05 bits per heavy atom. The number of aromatic amines is 1. The average Bonchev–Trinajstić information content (AvgIpc) is 3.02. The van der Waals surface area contributed by atoms with E-state index in [2.05, 4.69) is 36.5 Å². The van der Waals surface area contributed by atoms with E-state index in [-0.39, 0.29) is 5.91 Å². The third-order valence-electron chi connectivity index (χ3n) is 2.99. The Morgan fingerprint density at radius 2 is 2.29 bits per heavy atom. The molecule has 0 aliphatic rings. The summed E-state index contributed by atoms with van der Waals surface area (Å²) in [5, 5.41) is 9.08. The number of carbonyl (C=O) groups is 1. The fourth-order valence-corrected chi connectivity index (χ4v) is 2.58. The summed E-state index contributed by atoms with van der Waals surface area (Å²) >= 11 is 3.28. The first-order chi connectivity index (χ1) is 10.1. The molecule has 1 aromatic carbocycles. The second-order valence-electron chi connectivity index (χ2n) is 4.49. The molecule has 2 N–H and O–H groups in total. The molecule has 6 nitrogen and oxygen atoms in total. The predicted molar refractivity (Wildman–Crippen MR) is 84.3 cm³/mol. The highest BCUT2D eigenvalue weighted by atomic mass is 79.9. The fourth-order valence-electron chi connectivity index (χ4n) is 2.03. The van der Waals surface area contributed by atoms with E-state index in [0.717, 1.165) is 16.5 Å². The first-order valence-electron chi connectivity index (χ1n) is 6.24. The Labute approximate surface area is 129 Å². The topological polar surface area (TPSA) is 75.1 Å². The van der Waals surface area contributed by atoms with E-state index in [4.69, 9.17) is 0 Å². The van der Waals surface area contributed by atoms with Crippen molar-refractivity contribution in [2.45, 2.75) is 0 Å². The maximum Gasteiger partial charge on any atom is 0.293 e. The molecule has 0 radical (unpaired) electrons. The van der Waals surface area contributed by atoms with Crippen LogP contribution in [0.25, 0.3) is 10.9 Å². The number of fused-ring (bicyclic) bond motifs is 1. The normalized spacial score (nSPS) is 11.3. The first kappa shape index (κ1) is 13.6. The highest BCUT2D eigenvalue weighted by Crippen LogP contribution is 2.16. The summed E-state index contributed by atoms with van der Waals surface area (Å²) in [5.74, 6) is -0.362. The minimum atomic E-state index is -0.362. The third kappa shape index (κ3) is 2.73. The van der Waals surface area contributed by atoms with E-state index in [0.29, 0.717) is 10.2 Å². The predicted octanol–water partition coefficient (Wildman–Crippen LogP) is 2.43. The molecule has 2 aromatic heterocycles. The van der Waals surface area contributed by atoms with Crippen LogP contribution in [0, 0.1) is 0 Å². The molecular weight excluding hydrogens is 334 g/mol. The quantitative estimate of drug-likeness (QED) is 0.565. The molecule has 0 atom stereocenters. The number of para-hydroxylation sites is 1. The number of aryl methyl sites for hydroxylation is 1. The number of H-pyrrole nitrogens is 1. The maximum absolute atomic E-state index is 11.9. The minimum Gasteiger partial charge on any atom is -0.361 e. The van der Waals surface area contributed by atoms with Crippen LogP contribution in [0.3, 0.4) is 0 Å². The molecule has 0 bridgehead atoms. The van der Waals surface area contributed by atoms with Gasteiger partial charge in [0.25, 0.3) is 5.91 Å². The smallest absolute Gasteiger partial charge is 0.293 e. The van der Waals surface area contributed by atoms with Crippen molar-refractivity contribution >= 4 is 39.0 Å². The zero-order valence-corrected chi connectivity index (χ0v) is 12.8. The van der Waals surface area contributed by atoms with Crippen molar-refractivity contribution in [2.24, 2.45) is 12.1 Å². The van der Waals surface area contributed by atoms with Gasteiger partial charge >= 0.3 is 0 Å². The molecule has 1 amide bonds. The van der Waals surface area contributed by atoms with Crippen molar-refractivity contribution in [3.8, 4) is 0 Å². The van der Waals surface area contributed by atoms with Crippen LogP contribution in [0.2, 0.25) is 0 Å². The molecule has 0 saturated carbocycles. The summed E-state index contributed by atoms with van der Waals surface area (Å²) in [6, 6.07) is 7.89. The van der Waals surface area contributed by atoms with E-state index in [9.17, 15) is 4.79 Å². The lowest BCUT2D eigenvalue weighted by Gasteiger charge is -1.96.